The maximum Gasteiger partial charge on any atom is 0.282 e. The molecular weight excluding hydrogens is 372 g/mol. The molecule has 1 amide bonds. The molecule has 0 saturated carbocycles. The minimum atomic E-state index is -0.610. The van der Waals surface area contributed by atoms with Crippen LogP contribution in [0.1, 0.15) is 16.7 Å². The number of rotatable bonds is 6. The highest BCUT2D eigenvalue weighted by Gasteiger charge is 2.22. The highest BCUT2D eigenvalue weighted by atomic mass is 16.7. The molecule has 2 aromatic carbocycles. The second-order valence-electron chi connectivity index (χ2n) is 5.88. The van der Waals surface area contributed by atoms with Gasteiger partial charge in [-0.25, -0.2) is 5.43 Å². The van der Waals surface area contributed by atoms with Crippen molar-refractivity contribution in [3.05, 3.63) is 67.3 Å². The third-order valence-electron chi connectivity index (χ3n) is 3.90. The lowest BCUT2D eigenvalue weighted by atomic mass is 10.1. The topological polar surface area (TPSA) is 146 Å². The third-order valence-corrected chi connectivity index (χ3v) is 3.90. The zero-order valence-electron chi connectivity index (χ0n) is 14.6. The van der Waals surface area contributed by atoms with Gasteiger partial charge < -0.3 is 9.47 Å². The van der Waals surface area contributed by atoms with Crippen LogP contribution in [-0.4, -0.2) is 28.8 Å². The van der Waals surface area contributed by atoms with Gasteiger partial charge >= 0.3 is 0 Å². The van der Waals surface area contributed by atoms with Crippen LogP contribution in [0.25, 0.3) is 0 Å². The molecule has 1 aliphatic heterocycles. The standard InChI is InChI=1S/C17H14N4O7/c1-10-2-3-11(13(4-10)20(23)24)6-17(22)19-18-8-12-5-15-16(28-9-27-15)7-14(12)21(25)26/h2-5,7-8H,6,9H2,1H3,(H,19,22)/b18-8+. The molecule has 0 aromatic heterocycles. The molecule has 1 N–H and O–H groups in total. The Kier molecular flexibility index (Phi) is 5.16. The number of fused-ring (bicyclic) bond motifs is 1. The molecule has 144 valence electrons. The molecule has 0 atom stereocenters. The van der Waals surface area contributed by atoms with E-state index in [1.165, 1.54) is 24.3 Å². The fourth-order valence-corrected chi connectivity index (χ4v) is 2.59. The lowest BCUT2D eigenvalue weighted by molar-refractivity contribution is -0.385. The summed E-state index contributed by atoms with van der Waals surface area (Å²) < 4.78 is 10.3. The molecule has 0 bridgehead atoms. The van der Waals surface area contributed by atoms with Crippen molar-refractivity contribution in [1.82, 2.24) is 5.43 Å². The summed E-state index contributed by atoms with van der Waals surface area (Å²) in [5.74, 6) is -0.0279. The highest BCUT2D eigenvalue weighted by molar-refractivity contribution is 5.88. The smallest absolute Gasteiger partial charge is 0.282 e. The van der Waals surface area contributed by atoms with Gasteiger partial charge in [0.2, 0.25) is 12.7 Å². The summed E-state index contributed by atoms with van der Waals surface area (Å²) in [5.41, 5.74) is 2.82. The van der Waals surface area contributed by atoms with E-state index in [4.69, 9.17) is 9.47 Å². The quantitative estimate of drug-likeness (QED) is 0.455. The first kappa shape index (κ1) is 18.8. The summed E-state index contributed by atoms with van der Waals surface area (Å²) in [5, 5.41) is 26.0. The van der Waals surface area contributed by atoms with Crippen molar-refractivity contribution in [3.63, 3.8) is 0 Å². The number of hydrogen-bond acceptors (Lipinski definition) is 8. The summed E-state index contributed by atoms with van der Waals surface area (Å²) >= 11 is 0. The van der Waals surface area contributed by atoms with E-state index in [0.717, 1.165) is 6.21 Å². The number of hydrogen-bond donors (Lipinski definition) is 1. The van der Waals surface area contributed by atoms with Gasteiger partial charge in [0.1, 0.15) is 0 Å². The average Bonchev–Trinajstić information content (AvgIpc) is 3.09. The summed E-state index contributed by atoms with van der Waals surface area (Å²) in [6.45, 7) is 1.67. The number of aryl methyl sites for hydroxylation is 1. The van der Waals surface area contributed by atoms with Crippen molar-refractivity contribution in [2.75, 3.05) is 6.79 Å². The minimum Gasteiger partial charge on any atom is -0.454 e. The zero-order chi connectivity index (χ0) is 20.3. The summed E-state index contributed by atoms with van der Waals surface area (Å²) in [6, 6.07) is 7.12. The second-order valence-corrected chi connectivity index (χ2v) is 5.88. The van der Waals surface area contributed by atoms with E-state index in [0.29, 0.717) is 11.3 Å². The van der Waals surface area contributed by atoms with Gasteiger partial charge in [0.05, 0.1) is 34.1 Å². The summed E-state index contributed by atoms with van der Waals surface area (Å²) in [4.78, 5) is 33.2. The molecule has 11 nitrogen and oxygen atoms in total. The molecule has 0 spiro atoms. The van der Waals surface area contributed by atoms with Gasteiger partial charge in [0.15, 0.2) is 11.5 Å². The number of amides is 1. The van der Waals surface area contributed by atoms with E-state index in [2.05, 4.69) is 10.5 Å². The monoisotopic (exact) mass is 386 g/mol. The first-order valence-corrected chi connectivity index (χ1v) is 7.99. The molecule has 28 heavy (non-hydrogen) atoms. The molecule has 0 fully saturated rings. The minimum absolute atomic E-state index is 0.0425. The fraction of sp³-hybridized carbons (Fsp3) is 0.176. The molecule has 0 aliphatic carbocycles. The number of carbonyl (C=O) groups excluding carboxylic acids is 1. The van der Waals surface area contributed by atoms with Crippen LogP contribution in [0.3, 0.4) is 0 Å². The largest absolute Gasteiger partial charge is 0.454 e. The van der Waals surface area contributed by atoms with Gasteiger partial charge in [-0.2, -0.15) is 5.10 Å². The Bertz CT molecular complexity index is 1000. The normalized spacial score (nSPS) is 12.2. The van der Waals surface area contributed by atoms with Crippen molar-refractivity contribution < 1.29 is 24.1 Å². The molecule has 2 aromatic rings. The van der Waals surface area contributed by atoms with Crippen LogP contribution in [0.4, 0.5) is 11.4 Å². The number of nitro groups is 2. The van der Waals surface area contributed by atoms with E-state index in [9.17, 15) is 25.0 Å². The third kappa shape index (κ3) is 4.03. The predicted molar refractivity (Wildman–Crippen MR) is 96.5 cm³/mol. The molecule has 1 heterocycles. The molecule has 0 unspecified atom stereocenters. The summed E-state index contributed by atoms with van der Waals surface area (Å²) in [6.07, 6.45) is 0.832. The van der Waals surface area contributed by atoms with E-state index >= 15 is 0 Å². The predicted octanol–water partition coefficient (Wildman–Crippen LogP) is 2.23. The number of ether oxygens (including phenoxy) is 2. The van der Waals surface area contributed by atoms with Crippen LogP contribution >= 0.6 is 0 Å². The first-order chi connectivity index (χ1) is 13.3. The molecule has 11 heteroatoms. The fourth-order valence-electron chi connectivity index (χ4n) is 2.59. The van der Waals surface area contributed by atoms with Crippen LogP contribution < -0.4 is 14.9 Å². The van der Waals surface area contributed by atoms with Crippen LogP contribution in [0.5, 0.6) is 11.5 Å². The Morgan fingerprint density at radius 3 is 2.50 bits per heavy atom. The van der Waals surface area contributed by atoms with Crippen molar-refractivity contribution in [3.8, 4) is 11.5 Å². The van der Waals surface area contributed by atoms with E-state index in [1.54, 1.807) is 13.0 Å². The average molecular weight is 386 g/mol. The lowest BCUT2D eigenvalue weighted by Gasteiger charge is -2.04. The van der Waals surface area contributed by atoms with Gasteiger partial charge in [0, 0.05) is 11.6 Å². The Morgan fingerprint density at radius 2 is 1.82 bits per heavy atom. The molecule has 0 saturated heterocycles. The van der Waals surface area contributed by atoms with E-state index in [1.807, 2.05) is 0 Å². The Morgan fingerprint density at radius 1 is 1.14 bits per heavy atom. The number of nitrogens with zero attached hydrogens (tertiary/aromatic N) is 3. The lowest BCUT2D eigenvalue weighted by Crippen LogP contribution is -2.20. The number of nitro benzene ring substituents is 2. The van der Waals surface area contributed by atoms with Crippen molar-refractivity contribution >= 4 is 23.5 Å². The van der Waals surface area contributed by atoms with Crippen LogP contribution in [0.15, 0.2) is 35.4 Å². The van der Waals surface area contributed by atoms with Crippen molar-refractivity contribution in [2.45, 2.75) is 13.3 Å². The van der Waals surface area contributed by atoms with Gasteiger partial charge in [-0.15, -0.1) is 0 Å². The van der Waals surface area contributed by atoms with Crippen LogP contribution in [0.2, 0.25) is 0 Å². The van der Waals surface area contributed by atoms with Crippen LogP contribution in [-0.2, 0) is 11.2 Å². The SMILES string of the molecule is Cc1ccc(CC(=O)N/N=C/c2cc3c(cc2[N+](=O)[O-])OCO3)c([N+](=O)[O-])c1. The maximum atomic E-state index is 12.0. The molecular formula is C17H14N4O7. The van der Waals surface area contributed by atoms with Crippen LogP contribution in [0, 0.1) is 27.2 Å². The van der Waals surface area contributed by atoms with E-state index in [-0.39, 0.29) is 41.5 Å². The first-order valence-electron chi connectivity index (χ1n) is 7.99. The van der Waals surface area contributed by atoms with Gasteiger partial charge in [0.25, 0.3) is 11.4 Å². The number of carbonyl (C=O) groups is 1. The Labute approximate surface area is 157 Å². The van der Waals surface area contributed by atoms with Gasteiger partial charge in [-0.1, -0.05) is 12.1 Å². The van der Waals surface area contributed by atoms with E-state index < -0.39 is 15.8 Å². The van der Waals surface area contributed by atoms with Gasteiger partial charge in [-0.05, 0) is 18.6 Å². The maximum absolute atomic E-state index is 12.0. The molecule has 0 radical (unpaired) electrons. The second kappa shape index (κ2) is 7.70. The van der Waals surface area contributed by atoms with Crippen molar-refractivity contribution in [1.29, 1.82) is 0 Å². The summed E-state index contributed by atoms with van der Waals surface area (Å²) in [7, 11) is 0. The number of benzene rings is 2. The number of nitrogens with one attached hydrogen (secondary N) is 1. The highest BCUT2D eigenvalue weighted by Crippen LogP contribution is 2.37. The van der Waals surface area contributed by atoms with Gasteiger partial charge in [-0.3, -0.25) is 25.0 Å². The Hall–Kier alpha value is -4.02. The molecule has 1 aliphatic rings. The molecule has 3 rings (SSSR count). The zero-order valence-corrected chi connectivity index (χ0v) is 14.6. The van der Waals surface area contributed by atoms with Crippen molar-refractivity contribution in [2.24, 2.45) is 5.10 Å². The Balaban J connectivity index is 1.73. The number of hydrazone groups is 1.